The number of hydrogen-bond acceptors (Lipinski definition) is 7. The van der Waals surface area contributed by atoms with Gasteiger partial charge in [-0.1, -0.05) is 35.0 Å². The van der Waals surface area contributed by atoms with E-state index in [1.807, 2.05) is 42.6 Å². The summed E-state index contributed by atoms with van der Waals surface area (Å²) in [5.74, 6) is 2.89. The minimum Gasteiger partial charge on any atom is -0.370 e. The molecule has 1 amide bonds. The number of carbonyl (C=O) groups excluding carboxylic acids is 1. The summed E-state index contributed by atoms with van der Waals surface area (Å²) >= 11 is 0. The summed E-state index contributed by atoms with van der Waals surface area (Å²) in [6, 6.07) is 4.05. The van der Waals surface area contributed by atoms with Crippen LogP contribution in [0, 0.1) is 5.92 Å². The van der Waals surface area contributed by atoms with Gasteiger partial charge in [0.15, 0.2) is 11.8 Å². The number of nitrogens with zero attached hydrogens (tertiary/aromatic N) is 5. The fraction of sp³-hybridized carbons (Fsp3) is 0.481. The summed E-state index contributed by atoms with van der Waals surface area (Å²) in [7, 11) is 1.87. The number of allylic oxidation sites excluding steroid dienone is 2. The first kappa shape index (κ1) is 25.6. The highest BCUT2D eigenvalue weighted by Gasteiger charge is 2.23. The number of nitrogens with two attached hydrogens (primary N) is 1. The molecular formula is C27H37N10O+. The van der Waals surface area contributed by atoms with Crippen LogP contribution in [0.15, 0.2) is 52.2 Å². The summed E-state index contributed by atoms with van der Waals surface area (Å²) in [5, 5.41) is 13.6. The van der Waals surface area contributed by atoms with Crippen LogP contribution < -0.4 is 21.4 Å². The van der Waals surface area contributed by atoms with Gasteiger partial charge in [-0.25, -0.2) is 9.98 Å². The molecule has 2 saturated carbocycles. The Morgan fingerprint density at radius 2 is 2.03 bits per heavy atom. The Balaban J connectivity index is 1.09. The number of aromatic amines is 2. The number of hydrogen-bond donors (Lipinski definition) is 4. The van der Waals surface area contributed by atoms with Crippen LogP contribution in [-0.4, -0.2) is 57.8 Å². The molecule has 3 heterocycles. The summed E-state index contributed by atoms with van der Waals surface area (Å²) < 4.78 is 0. The largest absolute Gasteiger partial charge is 0.432 e. The van der Waals surface area contributed by atoms with Gasteiger partial charge in [-0.05, 0) is 44.6 Å². The summed E-state index contributed by atoms with van der Waals surface area (Å²) in [5.41, 5.74) is 7.81. The zero-order valence-corrected chi connectivity index (χ0v) is 21.9. The normalized spacial score (nSPS) is 22.6. The molecule has 38 heavy (non-hydrogen) atoms. The van der Waals surface area contributed by atoms with E-state index >= 15 is 0 Å². The summed E-state index contributed by atoms with van der Waals surface area (Å²) in [6.07, 6.45) is 18.2. The van der Waals surface area contributed by atoms with E-state index in [-0.39, 0.29) is 17.9 Å². The predicted molar refractivity (Wildman–Crippen MR) is 147 cm³/mol. The molecule has 11 nitrogen and oxygen atoms in total. The van der Waals surface area contributed by atoms with Gasteiger partial charge in [-0.15, -0.1) is 0 Å². The van der Waals surface area contributed by atoms with Gasteiger partial charge in [0.2, 0.25) is 5.82 Å². The average molecular weight is 518 g/mol. The topological polar surface area (TPSA) is 151 Å². The molecule has 6 N–H and O–H groups in total. The lowest BCUT2D eigenvalue weighted by molar-refractivity contribution is -0.366. The highest BCUT2D eigenvalue weighted by Crippen LogP contribution is 2.34. The lowest BCUT2D eigenvalue weighted by Gasteiger charge is -2.24. The Labute approximate surface area is 222 Å². The van der Waals surface area contributed by atoms with E-state index < -0.39 is 0 Å². The molecule has 0 spiro atoms. The second kappa shape index (κ2) is 12.0. The van der Waals surface area contributed by atoms with Crippen molar-refractivity contribution < 1.29 is 9.78 Å². The van der Waals surface area contributed by atoms with Crippen molar-refractivity contribution in [1.29, 1.82) is 0 Å². The van der Waals surface area contributed by atoms with E-state index in [1.54, 1.807) is 6.08 Å². The van der Waals surface area contributed by atoms with Crippen molar-refractivity contribution in [2.45, 2.75) is 63.3 Å². The highest BCUT2D eigenvalue weighted by atomic mass is 16.2. The lowest BCUT2D eigenvalue weighted by atomic mass is 9.87. The molecule has 3 aliphatic rings. The van der Waals surface area contributed by atoms with Crippen molar-refractivity contribution in [2.75, 3.05) is 18.9 Å². The van der Waals surface area contributed by atoms with Gasteiger partial charge in [0.05, 0.1) is 18.5 Å². The molecule has 2 aromatic heterocycles. The Morgan fingerprint density at radius 3 is 2.82 bits per heavy atom. The Hall–Kier alpha value is -4.02. The molecule has 5 rings (SSSR count). The number of H-pyrrole nitrogens is 2. The van der Waals surface area contributed by atoms with Crippen molar-refractivity contribution in [3.8, 4) is 0 Å². The molecule has 0 atom stereocenters. The van der Waals surface area contributed by atoms with Crippen LogP contribution in [0.1, 0.15) is 63.0 Å². The molecule has 0 aromatic carbocycles. The molecule has 0 bridgehead atoms. The van der Waals surface area contributed by atoms with E-state index in [1.165, 1.54) is 31.4 Å². The van der Waals surface area contributed by atoms with E-state index in [4.69, 9.17) is 5.73 Å². The van der Waals surface area contributed by atoms with Crippen LogP contribution in [0.2, 0.25) is 0 Å². The molecule has 2 aliphatic carbocycles. The number of rotatable bonds is 7. The standard InChI is InChI=1S/C27H36N10O/c1-37-15-5-4-8-22(37)25(38)34-26(28)31-20-11-9-18(10-12-20)17-30-27-29-14-13-23(33-27)32-24-16-21(35-36-24)19-6-2-3-7-19/h4-5,8,13-14,16-20H,2-3,6-7,9-12,15H2,1H3,(H3,28,31,34,38)(H2,29,32,33,35,36)/p+1/b30-17+. The van der Waals surface area contributed by atoms with Gasteiger partial charge < -0.3 is 16.0 Å². The molecule has 11 heteroatoms. The zero-order chi connectivity index (χ0) is 26.3. The maximum Gasteiger partial charge on any atom is 0.432 e. The SMILES string of the molecule is CN1CC=CC=C1C(=O)NC(N)=NC1CCC(/C=N/c2nc(Nc3cc(C4CCCC4)[nH]n3)cc[nH+]2)CC1. The molecule has 0 radical (unpaired) electrons. The van der Waals surface area contributed by atoms with Gasteiger partial charge in [0.1, 0.15) is 5.70 Å². The third-order valence-electron chi connectivity index (χ3n) is 7.45. The van der Waals surface area contributed by atoms with Crippen LogP contribution in [0.4, 0.5) is 17.6 Å². The lowest BCUT2D eigenvalue weighted by Crippen LogP contribution is -2.42. The molecular weight excluding hydrogens is 480 g/mol. The van der Waals surface area contributed by atoms with E-state index in [0.717, 1.165) is 31.5 Å². The van der Waals surface area contributed by atoms with Gasteiger partial charge in [0, 0.05) is 43.3 Å². The Kier molecular flexibility index (Phi) is 8.10. The molecule has 1 aliphatic heterocycles. The maximum atomic E-state index is 12.5. The van der Waals surface area contributed by atoms with Crippen LogP contribution >= 0.6 is 0 Å². The molecule has 0 saturated heterocycles. The quantitative estimate of drug-likeness (QED) is 0.327. The number of aliphatic imine (C=N–C) groups is 2. The van der Waals surface area contributed by atoms with Crippen LogP contribution in [0.25, 0.3) is 0 Å². The molecule has 2 fully saturated rings. The van der Waals surface area contributed by atoms with Crippen LogP contribution in [0.3, 0.4) is 0 Å². The van der Waals surface area contributed by atoms with Crippen molar-refractivity contribution >= 4 is 35.7 Å². The average Bonchev–Trinajstić information content (AvgIpc) is 3.61. The van der Waals surface area contributed by atoms with Gasteiger partial charge in [-0.2, -0.15) is 5.10 Å². The number of guanidine groups is 1. The van der Waals surface area contributed by atoms with Crippen molar-refractivity contribution in [1.82, 2.24) is 25.4 Å². The van der Waals surface area contributed by atoms with Crippen molar-refractivity contribution in [3.63, 3.8) is 0 Å². The van der Waals surface area contributed by atoms with Gasteiger partial charge in [0.25, 0.3) is 5.91 Å². The number of amides is 1. The second-order valence-corrected chi connectivity index (χ2v) is 10.3. The second-order valence-electron chi connectivity index (χ2n) is 10.3. The van der Waals surface area contributed by atoms with Gasteiger partial charge in [-0.3, -0.25) is 15.2 Å². The Morgan fingerprint density at radius 1 is 1.21 bits per heavy atom. The molecule has 2 aromatic rings. The minimum absolute atomic E-state index is 0.0955. The number of likely N-dealkylation sites (N-methyl/N-ethyl adjacent to an activating group) is 1. The van der Waals surface area contributed by atoms with E-state index in [9.17, 15) is 4.79 Å². The van der Waals surface area contributed by atoms with Gasteiger partial charge >= 0.3 is 5.95 Å². The Bertz CT molecular complexity index is 1230. The number of anilines is 2. The molecule has 200 valence electrons. The minimum atomic E-state index is -0.235. The highest BCUT2D eigenvalue weighted by molar-refractivity contribution is 6.04. The fourth-order valence-corrected chi connectivity index (χ4v) is 5.31. The predicted octanol–water partition coefficient (Wildman–Crippen LogP) is 3.10. The number of carbonyl (C=O) groups is 1. The first-order chi connectivity index (χ1) is 18.5. The first-order valence-electron chi connectivity index (χ1n) is 13.5. The van der Waals surface area contributed by atoms with E-state index in [2.05, 4.69) is 46.9 Å². The first-order valence-corrected chi connectivity index (χ1v) is 13.5. The third kappa shape index (κ3) is 6.64. The van der Waals surface area contributed by atoms with E-state index in [0.29, 0.717) is 35.8 Å². The maximum absolute atomic E-state index is 12.5. The van der Waals surface area contributed by atoms with Crippen molar-refractivity contribution in [2.24, 2.45) is 21.6 Å². The summed E-state index contributed by atoms with van der Waals surface area (Å²) in [6.45, 7) is 0.696. The number of nitrogens with one attached hydrogen (secondary N) is 4. The fourth-order valence-electron chi connectivity index (χ4n) is 5.31. The van der Waals surface area contributed by atoms with Crippen LogP contribution in [-0.2, 0) is 4.79 Å². The third-order valence-corrected chi connectivity index (χ3v) is 7.45. The summed E-state index contributed by atoms with van der Waals surface area (Å²) in [4.78, 5) is 31.1. The smallest absolute Gasteiger partial charge is 0.370 e. The van der Waals surface area contributed by atoms with Crippen molar-refractivity contribution in [3.05, 3.63) is 47.9 Å². The monoisotopic (exact) mass is 517 g/mol. The zero-order valence-electron chi connectivity index (χ0n) is 21.9. The van der Waals surface area contributed by atoms with Crippen LogP contribution in [0.5, 0.6) is 0 Å². The number of aromatic nitrogens is 4. The molecule has 0 unspecified atom stereocenters.